The number of carbonyl (C=O) groups is 1. The molecule has 0 spiro atoms. The number of hydrogen-bond acceptors (Lipinski definition) is 3. The van der Waals surface area contributed by atoms with E-state index in [1.165, 1.54) is 57.8 Å². The molecule has 0 radical (unpaired) electrons. The summed E-state index contributed by atoms with van der Waals surface area (Å²) in [5.74, 6) is -0.0523. The zero-order valence-electron chi connectivity index (χ0n) is 18.6. The van der Waals surface area contributed by atoms with Crippen molar-refractivity contribution in [2.75, 3.05) is 6.61 Å². The fraction of sp³-hybridized carbons (Fsp3) is 0.875. The summed E-state index contributed by atoms with van der Waals surface area (Å²) in [6.07, 6.45) is 21.1. The molecule has 0 aromatic rings. The van der Waals surface area contributed by atoms with Gasteiger partial charge >= 0.3 is 0 Å². The van der Waals surface area contributed by atoms with Gasteiger partial charge in [-0.15, -0.1) is 0 Å². The van der Waals surface area contributed by atoms with Crippen molar-refractivity contribution in [1.82, 2.24) is 5.32 Å². The highest BCUT2D eigenvalue weighted by atomic mass is 16.3. The van der Waals surface area contributed by atoms with Crippen LogP contribution in [0.2, 0.25) is 0 Å². The van der Waals surface area contributed by atoms with Gasteiger partial charge in [-0.1, -0.05) is 90.2 Å². The van der Waals surface area contributed by atoms with Gasteiger partial charge in [-0.05, 0) is 32.1 Å². The van der Waals surface area contributed by atoms with E-state index < -0.39 is 12.1 Å². The molecule has 0 fully saturated rings. The van der Waals surface area contributed by atoms with Crippen molar-refractivity contribution in [3.63, 3.8) is 0 Å². The molecule has 3 N–H and O–H groups in total. The summed E-state index contributed by atoms with van der Waals surface area (Å²) in [5, 5.41) is 22.5. The molecule has 4 heteroatoms. The molecule has 0 heterocycles. The van der Waals surface area contributed by atoms with Crippen LogP contribution in [0.4, 0.5) is 0 Å². The molecule has 0 aliphatic rings. The highest BCUT2D eigenvalue weighted by Gasteiger charge is 2.19. The lowest BCUT2D eigenvalue weighted by Crippen LogP contribution is -2.45. The number of rotatable bonds is 20. The molecule has 4 nitrogen and oxygen atoms in total. The lowest BCUT2D eigenvalue weighted by atomic mass is 10.0. The van der Waals surface area contributed by atoms with E-state index >= 15 is 0 Å². The van der Waals surface area contributed by atoms with Gasteiger partial charge in [-0.3, -0.25) is 4.79 Å². The molecule has 0 aliphatic carbocycles. The second kappa shape index (κ2) is 20.9. The summed E-state index contributed by atoms with van der Waals surface area (Å²) >= 11 is 0. The Morgan fingerprint density at radius 1 is 0.821 bits per heavy atom. The van der Waals surface area contributed by atoms with Gasteiger partial charge in [-0.2, -0.15) is 0 Å². The summed E-state index contributed by atoms with van der Waals surface area (Å²) in [5.41, 5.74) is 0. The van der Waals surface area contributed by atoms with Gasteiger partial charge in [0.05, 0.1) is 18.8 Å². The van der Waals surface area contributed by atoms with Crippen molar-refractivity contribution in [3.8, 4) is 0 Å². The van der Waals surface area contributed by atoms with Gasteiger partial charge in [0.25, 0.3) is 0 Å². The zero-order chi connectivity index (χ0) is 20.9. The lowest BCUT2D eigenvalue weighted by molar-refractivity contribution is -0.123. The number of unbranched alkanes of at least 4 members (excludes halogenated alkanes) is 11. The van der Waals surface area contributed by atoms with Crippen molar-refractivity contribution in [2.45, 2.75) is 129 Å². The fourth-order valence-corrected chi connectivity index (χ4v) is 3.36. The van der Waals surface area contributed by atoms with E-state index in [4.69, 9.17) is 0 Å². The summed E-state index contributed by atoms with van der Waals surface area (Å²) in [4.78, 5) is 12.1. The van der Waals surface area contributed by atoms with Gasteiger partial charge in [-0.25, -0.2) is 0 Å². The molecule has 0 saturated carbocycles. The van der Waals surface area contributed by atoms with Crippen LogP contribution in [0.15, 0.2) is 12.2 Å². The van der Waals surface area contributed by atoms with E-state index in [1.807, 2.05) is 0 Å². The van der Waals surface area contributed by atoms with E-state index in [0.29, 0.717) is 12.8 Å². The molecule has 0 rings (SSSR count). The molecule has 28 heavy (non-hydrogen) atoms. The highest BCUT2D eigenvalue weighted by Crippen LogP contribution is 2.11. The third-order valence-corrected chi connectivity index (χ3v) is 5.26. The maximum atomic E-state index is 12.1. The molecule has 0 aliphatic heterocycles. The van der Waals surface area contributed by atoms with Gasteiger partial charge in [0.2, 0.25) is 5.91 Å². The van der Waals surface area contributed by atoms with Gasteiger partial charge in [0.15, 0.2) is 0 Å². The number of hydrogen-bond donors (Lipinski definition) is 3. The van der Waals surface area contributed by atoms with Crippen LogP contribution in [0.3, 0.4) is 0 Å². The standard InChI is InChI=1S/C24H47NO3/c1-3-5-7-9-11-12-13-14-16-18-20-24(28)25-22(21-26)23(27)19-17-15-10-8-6-4-2/h7,9,22-23,26-27H,3-6,8,10-21H2,1-2H3,(H,25,28)/b9-7-. The summed E-state index contributed by atoms with van der Waals surface area (Å²) in [6, 6.07) is -0.530. The number of amides is 1. The van der Waals surface area contributed by atoms with Crippen LogP contribution >= 0.6 is 0 Å². The molecule has 0 aromatic carbocycles. The molecule has 166 valence electrons. The first-order valence-corrected chi connectivity index (χ1v) is 11.9. The fourth-order valence-electron chi connectivity index (χ4n) is 3.36. The Bertz CT molecular complexity index is 371. The number of aliphatic hydroxyl groups excluding tert-OH is 2. The minimum Gasteiger partial charge on any atom is -0.394 e. The topological polar surface area (TPSA) is 69.6 Å². The quantitative estimate of drug-likeness (QED) is 0.183. The van der Waals surface area contributed by atoms with Crippen molar-refractivity contribution in [3.05, 3.63) is 12.2 Å². The van der Waals surface area contributed by atoms with Crippen LogP contribution in [-0.4, -0.2) is 34.9 Å². The Morgan fingerprint density at radius 3 is 2.11 bits per heavy atom. The van der Waals surface area contributed by atoms with Gasteiger partial charge < -0.3 is 15.5 Å². The molecular weight excluding hydrogens is 350 g/mol. The Labute approximate surface area is 174 Å². The highest BCUT2D eigenvalue weighted by molar-refractivity contribution is 5.76. The van der Waals surface area contributed by atoms with E-state index in [0.717, 1.165) is 32.1 Å². The van der Waals surface area contributed by atoms with Crippen LogP contribution in [0.1, 0.15) is 117 Å². The van der Waals surface area contributed by atoms with E-state index in [-0.39, 0.29) is 12.5 Å². The normalized spacial score (nSPS) is 13.7. The third-order valence-electron chi connectivity index (χ3n) is 5.26. The van der Waals surface area contributed by atoms with E-state index in [2.05, 4.69) is 31.3 Å². The average Bonchev–Trinajstić information content (AvgIpc) is 2.70. The van der Waals surface area contributed by atoms with Crippen molar-refractivity contribution in [1.29, 1.82) is 0 Å². The second-order valence-corrected chi connectivity index (χ2v) is 8.05. The maximum Gasteiger partial charge on any atom is 0.220 e. The second-order valence-electron chi connectivity index (χ2n) is 8.05. The minimum absolute atomic E-state index is 0.0523. The van der Waals surface area contributed by atoms with Gasteiger partial charge in [0.1, 0.15) is 0 Å². The molecule has 1 amide bonds. The first kappa shape index (κ1) is 27.1. The Kier molecular flexibility index (Phi) is 20.2. The average molecular weight is 398 g/mol. The largest absolute Gasteiger partial charge is 0.394 e. The van der Waals surface area contributed by atoms with E-state index in [9.17, 15) is 15.0 Å². The SMILES string of the molecule is CCC/C=C\CCCCCCCC(=O)NC(CO)C(O)CCCCCCCC. The lowest BCUT2D eigenvalue weighted by Gasteiger charge is -2.22. The number of carbonyl (C=O) groups excluding carboxylic acids is 1. The smallest absolute Gasteiger partial charge is 0.220 e. The molecule has 2 unspecified atom stereocenters. The monoisotopic (exact) mass is 397 g/mol. The Morgan fingerprint density at radius 2 is 1.43 bits per heavy atom. The van der Waals surface area contributed by atoms with Crippen molar-refractivity contribution >= 4 is 5.91 Å². The zero-order valence-corrected chi connectivity index (χ0v) is 18.6. The van der Waals surface area contributed by atoms with Crippen LogP contribution in [0, 0.1) is 0 Å². The summed E-state index contributed by atoms with van der Waals surface area (Å²) < 4.78 is 0. The Hall–Kier alpha value is -0.870. The van der Waals surface area contributed by atoms with Crippen molar-refractivity contribution < 1.29 is 15.0 Å². The predicted molar refractivity (Wildman–Crippen MR) is 119 cm³/mol. The number of nitrogens with one attached hydrogen (secondary N) is 1. The van der Waals surface area contributed by atoms with Gasteiger partial charge in [0, 0.05) is 6.42 Å². The van der Waals surface area contributed by atoms with Crippen LogP contribution < -0.4 is 5.32 Å². The van der Waals surface area contributed by atoms with Crippen LogP contribution in [0.5, 0.6) is 0 Å². The van der Waals surface area contributed by atoms with Crippen LogP contribution in [-0.2, 0) is 4.79 Å². The number of allylic oxidation sites excluding steroid dienone is 2. The minimum atomic E-state index is -0.652. The molecular formula is C24H47NO3. The first-order chi connectivity index (χ1) is 13.7. The van der Waals surface area contributed by atoms with E-state index in [1.54, 1.807) is 0 Å². The number of aliphatic hydroxyl groups is 2. The first-order valence-electron chi connectivity index (χ1n) is 11.9. The molecule has 2 atom stereocenters. The van der Waals surface area contributed by atoms with Crippen molar-refractivity contribution in [2.24, 2.45) is 0 Å². The molecule has 0 bridgehead atoms. The third kappa shape index (κ3) is 17.2. The maximum absolute atomic E-state index is 12.1. The van der Waals surface area contributed by atoms with Crippen LogP contribution in [0.25, 0.3) is 0 Å². The summed E-state index contributed by atoms with van der Waals surface area (Å²) in [7, 11) is 0. The molecule has 0 aromatic heterocycles. The Balaban J connectivity index is 3.69. The predicted octanol–water partition coefficient (Wildman–Crippen LogP) is 5.66. The molecule has 0 saturated heterocycles. The summed E-state index contributed by atoms with van der Waals surface area (Å²) in [6.45, 7) is 4.19.